The van der Waals surface area contributed by atoms with Crippen LogP contribution in [-0.2, 0) is 20.6 Å². The molecule has 0 spiro atoms. The Hall–Kier alpha value is -1.63. The number of carbonyl (C=O) groups is 1. The highest BCUT2D eigenvalue weighted by Crippen LogP contribution is 2.30. The van der Waals surface area contributed by atoms with Crippen molar-refractivity contribution in [1.82, 2.24) is 9.88 Å². The molecule has 3 rings (SSSR count). The first-order valence-electron chi connectivity index (χ1n) is 9.66. The molecule has 0 N–H and O–H groups in total. The highest BCUT2D eigenvalue weighted by atomic mass is 35.5. The van der Waals surface area contributed by atoms with Crippen molar-refractivity contribution in [2.45, 2.75) is 65.0 Å². The minimum atomic E-state index is -0.533. The van der Waals surface area contributed by atoms with Crippen LogP contribution in [0.3, 0.4) is 0 Å². The summed E-state index contributed by atoms with van der Waals surface area (Å²) in [6.45, 7) is 11.1. The van der Waals surface area contributed by atoms with E-state index >= 15 is 0 Å². The zero-order valence-corrected chi connectivity index (χ0v) is 18.0. The lowest BCUT2D eigenvalue weighted by atomic mass is 10.0. The first-order chi connectivity index (χ1) is 13.0. The van der Waals surface area contributed by atoms with E-state index in [1.807, 2.05) is 53.0 Å². The summed E-state index contributed by atoms with van der Waals surface area (Å²) in [4.78, 5) is 18.5. The van der Waals surface area contributed by atoms with Gasteiger partial charge in [-0.05, 0) is 58.2 Å². The van der Waals surface area contributed by atoms with Crippen LogP contribution in [0.1, 0.15) is 52.3 Å². The van der Waals surface area contributed by atoms with E-state index in [0.717, 1.165) is 16.8 Å². The first kappa shape index (κ1) is 21.1. The standard InChI is InChI=1S/C21H29ClN2O4/c1-20(2,3)28-19(25)24-8-6-15(7-9-24)18-17(22)11-14(12-23-18)10-16-13-26-21(4,5)27-16/h6,11-12,16H,7-10,13H2,1-5H3/t16-/m1/s1. The third-order valence-electron chi connectivity index (χ3n) is 4.59. The fraction of sp³-hybridized carbons (Fsp3) is 0.619. The lowest BCUT2D eigenvalue weighted by Gasteiger charge is -2.29. The SMILES string of the molecule is CC(C)(C)OC(=O)N1CC=C(c2ncc(C[C@@H]3COC(C)(C)O3)cc2Cl)CC1. The number of halogens is 1. The fourth-order valence-electron chi connectivity index (χ4n) is 3.33. The Balaban J connectivity index is 1.62. The molecule has 2 aliphatic heterocycles. The molecule has 1 atom stereocenters. The average Bonchev–Trinajstić information content (AvgIpc) is 2.92. The van der Waals surface area contributed by atoms with Gasteiger partial charge in [-0.25, -0.2) is 4.79 Å². The molecule has 1 amide bonds. The normalized spacial score (nSPS) is 22.1. The molecule has 1 aromatic heterocycles. The van der Waals surface area contributed by atoms with Gasteiger partial charge >= 0.3 is 6.09 Å². The number of carbonyl (C=O) groups excluding carboxylic acids is 1. The maximum Gasteiger partial charge on any atom is 0.410 e. The summed E-state index contributed by atoms with van der Waals surface area (Å²) in [7, 11) is 0. The smallest absolute Gasteiger partial charge is 0.410 e. The number of ether oxygens (including phenoxy) is 3. The second-order valence-corrected chi connectivity index (χ2v) is 9.14. The molecule has 1 saturated heterocycles. The molecule has 1 aromatic rings. The molecule has 2 aliphatic rings. The number of rotatable bonds is 3. The van der Waals surface area contributed by atoms with Gasteiger partial charge in [0.2, 0.25) is 0 Å². The van der Waals surface area contributed by atoms with Crippen molar-refractivity contribution in [3.05, 3.63) is 34.6 Å². The van der Waals surface area contributed by atoms with E-state index in [1.165, 1.54) is 0 Å². The quantitative estimate of drug-likeness (QED) is 0.739. The molecule has 0 radical (unpaired) electrons. The number of nitrogens with zero attached hydrogens (tertiary/aromatic N) is 2. The van der Waals surface area contributed by atoms with Crippen LogP contribution in [0.15, 0.2) is 18.3 Å². The van der Waals surface area contributed by atoms with E-state index in [-0.39, 0.29) is 12.2 Å². The molecule has 3 heterocycles. The van der Waals surface area contributed by atoms with Crippen LogP contribution in [-0.4, -0.2) is 53.2 Å². The summed E-state index contributed by atoms with van der Waals surface area (Å²) < 4.78 is 16.9. The van der Waals surface area contributed by atoms with E-state index in [1.54, 1.807) is 4.90 Å². The molecule has 0 aliphatic carbocycles. The zero-order chi connectivity index (χ0) is 20.5. The third-order valence-corrected chi connectivity index (χ3v) is 4.88. The van der Waals surface area contributed by atoms with E-state index in [0.29, 0.717) is 37.6 Å². The van der Waals surface area contributed by atoms with E-state index in [4.69, 9.17) is 25.8 Å². The molecule has 6 nitrogen and oxygen atoms in total. The van der Waals surface area contributed by atoms with Crippen molar-refractivity contribution < 1.29 is 19.0 Å². The molecule has 0 bridgehead atoms. The summed E-state index contributed by atoms with van der Waals surface area (Å²) in [6.07, 6.45) is 4.96. The van der Waals surface area contributed by atoms with Crippen LogP contribution in [0.2, 0.25) is 5.02 Å². The molecule has 0 saturated carbocycles. The van der Waals surface area contributed by atoms with Gasteiger partial charge in [-0.15, -0.1) is 0 Å². The Bertz CT molecular complexity index is 770. The molecule has 28 heavy (non-hydrogen) atoms. The van der Waals surface area contributed by atoms with E-state index < -0.39 is 11.4 Å². The zero-order valence-electron chi connectivity index (χ0n) is 17.3. The van der Waals surface area contributed by atoms with Crippen LogP contribution < -0.4 is 0 Å². The highest BCUT2D eigenvalue weighted by Gasteiger charge is 2.32. The number of pyridine rings is 1. The molecule has 1 fully saturated rings. The lowest BCUT2D eigenvalue weighted by Crippen LogP contribution is -2.39. The van der Waals surface area contributed by atoms with Crippen LogP contribution in [0, 0.1) is 0 Å². The van der Waals surface area contributed by atoms with Crippen molar-refractivity contribution >= 4 is 23.3 Å². The van der Waals surface area contributed by atoms with Crippen molar-refractivity contribution in [3.63, 3.8) is 0 Å². The van der Waals surface area contributed by atoms with E-state index in [9.17, 15) is 4.79 Å². The van der Waals surface area contributed by atoms with Gasteiger partial charge in [0.05, 0.1) is 23.4 Å². The van der Waals surface area contributed by atoms with Crippen LogP contribution in [0.5, 0.6) is 0 Å². The number of aromatic nitrogens is 1. The largest absolute Gasteiger partial charge is 0.444 e. The predicted octanol–water partition coefficient (Wildman–Crippen LogP) is 4.45. The van der Waals surface area contributed by atoms with Crippen LogP contribution >= 0.6 is 11.6 Å². The van der Waals surface area contributed by atoms with Crippen molar-refractivity contribution in [3.8, 4) is 0 Å². The highest BCUT2D eigenvalue weighted by molar-refractivity contribution is 6.32. The van der Waals surface area contributed by atoms with Gasteiger partial charge in [0.15, 0.2) is 5.79 Å². The molecule has 7 heteroatoms. The molecular weight excluding hydrogens is 380 g/mol. The van der Waals surface area contributed by atoms with Crippen LogP contribution in [0.4, 0.5) is 4.79 Å². The van der Waals surface area contributed by atoms with Gasteiger partial charge in [-0.2, -0.15) is 0 Å². The monoisotopic (exact) mass is 408 g/mol. The second kappa shape index (κ2) is 8.01. The van der Waals surface area contributed by atoms with Crippen molar-refractivity contribution in [2.24, 2.45) is 0 Å². The van der Waals surface area contributed by atoms with E-state index in [2.05, 4.69) is 4.98 Å². The summed E-state index contributed by atoms with van der Waals surface area (Å²) in [6, 6.07) is 1.94. The fourth-order valence-corrected chi connectivity index (χ4v) is 3.64. The Kier molecular flexibility index (Phi) is 6.03. The first-order valence-corrected chi connectivity index (χ1v) is 10.0. The Morgan fingerprint density at radius 1 is 1.43 bits per heavy atom. The molecule has 0 unspecified atom stereocenters. The minimum Gasteiger partial charge on any atom is -0.444 e. The van der Waals surface area contributed by atoms with Crippen LogP contribution in [0.25, 0.3) is 5.57 Å². The Morgan fingerprint density at radius 3 is 2.71 bits per heavy atom. The topological polar surface area (TPSA) is 60.9 Å². The maximum absolute atomic E-state index is 12.2. The second-order valence-electron chi connectivity index (χ2n) is 8.73. The van der Waals surface area contributed by atoms with Gasteiger partial charge in [0.1, 0.15) is 5.60 Å². The molecule has 154 valence electrons. The van der Waals surface area contributed by atoms with Gasteiger partial charge < -0.3 is 19.1 Å². The summed E-state index contributed by atoms with van der Waals surface area (Å²) in [5.74, 6) is -0.533. The summed E-state index contributed by atoms with van der Waals surface area (Å²) >= 11 is 6.51. The lowest BCUT2D eigenvalue weighted by molar-refractivity contribution is -0.138. The minimum absolute atomic E-state index is 0.00926. The Morgan fingerprint density at radius 2 is 2.18 bits per heavy atom. The molecule has 0 aromatic carbocycles. The van der Waals surface area contributed by atoms with Gasteiger partial charge in [0, 0.05) is 25.7 Å². The summed E-state index contributed by atoms with van der Waals surface area (Å²) in [5.41, 5.74) is 2.35. The number of hydrogen-bond donors (Lipinski definition) is 0. The number of hydrogen-bond acceptors (Lipinski definition) is 5. The van der Waals surface area contributed by atoms with Crippen molar-refractivity contribution in [1.29, 1.82) is 0 Å². The van der Waals surface area contributed by atoms with Gasteiger partial charge in [-0.1, -0.05) is 17.7 Å². The average molecular weight is 409 g/mol. The Labute approximate surface area is 171 Å². The number of amides is 1. The van der Waals surface area contributed by atoms with Crippen molar-refractivity contribution in [2.75, 3.05) is 19.7 Å². The maximum atomic E-state index is 12.2. The van der Waals surface area contributed by atoms with Gasteiger partial charge in [0.25, 0.3) is 0 Å². The third kappa shape index (κ3) is 5.46. The van der Waals surface area contributed by atoms with Gasteiger partial charge in [-0.3, -0.25) is 4.98 Å². The predicted molar refractivity (Wildman–Crippen MR) is 108 cm³/mol. The summed E-state index contributed by atoms with van der Waals surface area (Å²) in [5, 5.41) is 0.618. The molecular formula is C21H29ClN2O4.